The number of carboxylic acids is 1. The van der Waals surface area contributed by atoms with Crippen molar-refractivity contribution >= 4 is 21.9 Å². The highest BCUT2D eigenvalue weighted by Gasteiger charge is 2.15. The van der Waals surface area contributed by atoms with Gasteiger partial charge in [0, 0.05) is 24.1 Å². The van der Waals surface area contributed by atoms with Gasteiger partial charge in [-0.3, -0.25) is 4.90 Å². The molecule has 1 aliphatic rings. The van der Waals surface area contributed by atoms with Crippen molar-refractivity contribution in [3.05, 3.63) is 33.8 Å². The van der Waals surface area contributed by atoms with Gasteiger partial charge >= 0.3 is 5.97 Å². The van der Waals surface area contributed by atoms with E-state index in [2.05, 4.69) is 20.8 Å². The third-order valence-electron chi connectivity index (χ3n) is 2.80. The van der Waals surface area contributed by atoms with Crippen LogP contribution in [0, 0.1) is 0 Å². The van der Waals surface area contributed by atoms with Crippen LogP contribution in [0.25, 0.3) is 0 Å². The Kier molecular flexibility index (Phi) is 4.15. The van der Waals surface area contributed by atoms with E-state index in [1.54, 1.807) is 12.1 Å². The van der Waals surface area contributed by atoms with E-state index in [4.69, 9.17) is 9.84 Å². The Morgan fingerprint density at radius 2 is 2.12 bits per heavy atom. The van der Waals surface area contributed by atoms with Gasteiger partial charge in [0.15, 0.2) is 0 Å². The van der Waals surface area contributed by atoms with Crippen molar-refractivity contribution in [3.8, 4) is 0 Å². The van der Waals surface area contributed by atoms with Crippen LogP contribution in [0.3, 0.4) is 0 Å². The van der Waals surface area contributed by atoms with E-state index in [1.165, 1.54) is 0 Å². The Balaban J connectivity index is 2.17. The highest BCUT2D eigenvalue weighted by molar-refractivity contribution is 9.10. The summed E-state index contributed by atoms with van der Waals surface area (Å²) in [5.41, 5.74) is 1.22. The highest BCUT2D eigenvalue weighted by Crippen LogP contribution is 2.19. The lowest BCUT2D eigenvalue weighted by Crippen LogP contribution is -2.36. The highest BCUT2D eigenvalue weighted by atomic mass is 79.9. The molecule has 1 N–H and O–H groups in total. The summed E-state index contributed by atoms with van der Waals surface area (Å²) >= 11 is 3.37. The van der Waals surface area contributed by atoms with E-state index in [9.17, 15) is 4.79 Å². The molecule has 1 heterocycles. The molecule has 1 saturated heterocycles. The lowest BCUT2D eigenvalue weighted by molar-refractivity contribution is 0.0339. The smallest absolute Gasteiger partial charge is 0.336 e. The average molecular weight is 300 g/mol. The molecule has 1 fully saturated rings. The summed E-state index contributed by atoms with van der Waals surface area (Å²) in [6.45, 7) is 3.80. The van der Waals surface area contributed by atoms with Crippen LogP contribution in [-0.4, -0.2) is 42.3 Å². The zero-order valence-corrected chi connectivity index (χ0v) is 10.9. The van der Waals surface area contributed by atoms with Gasteiger partial charge in [0.05, 0.1) is 18.8 Å². The van der Waals surface area contributed by atoms with Crippen LogP contribution in [-0.2, 0) is 11.3 Å². The molecule has 1 aromatic rings. The normalized spacial score (nSPS) is 17.0. The van der Waals surface area contributed by atoms with E-state index >= 15 is 0 Å². The molecule has 0 aliphatic carbocycles. The maximum Gasteiger partial charge on any atom is 0.336 e. The molecule has 0 radical (unpaired) electrons. The number of carbonyl (C=O) groups is 1. The van der Waals surface area contributed by atoms with Gasteiger partial charge in [0.1, 0.15) is 0 Å². The van der Waals surface area contributed by atoms with E-state index in [0.717, 1.165) is 36.3 Å². The van der Waals surface area contributed by atoms with Crippen molar-refractivity contribution in [1.29, 1.82) is 0 Å². The SMILES string of the molecule is O=C(O)c1ccc(Br)cc1CN1CCOCC1. The fraction of sp³-hybridized carbons (Fsp3) is 0.417. The molecule has 0 atom stereocenters. The predicted octanol–water partition coefficient (Wildman–Crippen LogP) is 1.98. The molecular weight excluding hydrogens is 286 g/mol. The summed E-state index contributed by atoms with van der Waals surface area (Å²) in [4.78, 5) is 13.3. The van der Waals surface area contributed by atoms with Crippen molar-refractivity contribution in [2.45, 2.75) is 6.54 Å². The number of benzene rings is 1. The second-order valence-electron chi connectivity index (χ2n) is 4.00. The average Bonchev–Trinajstić information content (AvgIpc) is 2.30. The minimum Gasteiger partial charge on any atom is -0.478 e. The van der Waals surface area contributed by atoms with Crippen LogP contribution in [0.15, 0.2) is 22.7 Å². The molecule has 5 heteroatoms. The predicted molar refractivity (Wildman–Crippen MR) is 67.2 cm³/mol. The number of hydrogen-bond acceptors (Lipinski definition) is 3. The van der Waals surface area contributed by atoms with Crippen molar-refractivity contribution in [2.75, 3.05) is 26.3 Å². The van der Waals surface area contributed by atoms with Gasteiger partial charge in [-0.1, -0.05) is 15.9 Å². The first kappa shape index (κ1) is 12.5. The van der Waals surface area contributed by atoms with Crippen molar-refractivity contribution in [3.63, 3.8) is 0 Å². The summed E-state index contributed by atoms with van der Waals surface area (Å²) in [5.74, 6) is -0.874. The van der Waals surface area contributed by atoms with Crippen molar-refractivity contribution < 1.29 is 14.6 Å². The lowest BCUT2D eigenvalue weighted by atomic mass is 10.1. The van der Waals surface area contributed by atoms with E-state index in [1.807, 2.05) is 6.07 Å². The minimum absolute atomic E-state index is 0.375. The number of ether oxygens (including phenoxy) is 1. The second-order valence-corrected chi connectivity index (χ2v) is 4.91. The van der Waals surface area contributed by atoms with Gasteiger partial charge in [-0.25, -0.2) is 4.79 Å². The number of hydrogen-bond donors (Lipinski definition) is 1. The molecule has 0 unspecified atom stereocenters. The van der Waals surface area contributed by atoms with Gasteiger partial charge in [-0.15, -0.1) is 0 Å². The first-order chi connectivity index (χ1) is 8.16. The Hall–Kier alpha value is -0.910. The maximum absolute atomic E-state index is 11.1. The number of rotatable bonds is 3. The summed E-state index contributed by atoms with van der Waals surface area (Å²) in [6, 6.07) is 5.27. The van der Waals surface area contributed by atoms with Crippen LogP contribution in [0.4, 0.5) is 0 Å². The summed E-state index contributed by atoms with van der Waals surface area (Å²) in [6.07, 6.45) is 0. The molecule has 0 spiro atoms. The van der Waals surface area contributed by atoms with Gasteiger partial charge < -0.3 is 9.84 Å². The number of halogens is 1. The topological polar surface area (TPSA) is 49.8 Å². The maximum atomic E-state index is 11.1. The quantitative estimate of drug-likeness (QED) is 0.927. The van der Waals surface area contributed by atoms with Gasteiger partial charge in [0.2, 0.25) is 0 Å². The fourth-order valence-corrected chi connectivity index (χ4v) is 2.31. The van der Waals surface area contributed by atoms with E-state index in [-0.39, 0.29) is 0 Å². The monoisotopic (exact) mass is 299 g/mol. The number of carboxylic acid groups (broad SMARTS) is 1. The zero-order chi connectivity index (χ0) is 12.3. The standard InChI is InChI=1S/C12H14BrNO3/c13-10-1-2-11(12(15)16)9(7-10)8-14-3-5-17-6-4-14/h1-2,7H,3-6,8H2,(H,15,16). The van der Waals surface area contributed by atoms with Crippen LogP contribution < -0.4 is 0 Å². The minimum atomic E-state index is -0.874. The largest absolute Gasteiger partial charge is 0.478 e. The van der Waals surface area contributed by atoms with Gasteiger partial charge in [-0.2, -0.15) is 0 Å². The third kappa shape index (κ3) is 3.28. The molecule has 2 rings (SSSR count). The van der Waals surface area contributed by atoms with Crippen molar-refractivity contribution in [2.24, 2.45) is 0 Å². The first-order valence-corrected chi connectivity index (χ1v) is 6.28. The van der Waals surface area contributed by atoms with Crippen LogP contribution in [0.5, 0.6) is 0 Å². The zero-order valence-electron chi connectivity index (χ0n) is 9.36. The van der Waals surface area contributed by atoms with Crippen molar-refractivity contribution in [1.82, 2.24) is 4.90 Å². The fourth-order valence-electron chi connectivity index (χ4n) is 1.90. The third-order valence-corrected chi connectivity index (χ3v) is 3.29. The van der Waals surface area contributed by atoms with Gasteiger partial charge in [0.25, 0.3) is 0 Å². The molecule has 4 nitrogen and oxygen atoms in total. The number of aromatic carboxylic acids is 1. The Morgan fingerprint density at radius 3 is 2.76 bits per heavy atom. The van der Waals surface area contributed by atoms with Gasteiger partial charge in [-0.05, 0) is 23.8 Å². The molecular formula is C12H14BrNO3. The molecule has 0 saturated carbocycles. The molecule has 0 amide bonds. The van der Waals surface area contributed by atoms with E-state index < -0.39 is 5.97 Å². The lowest BCUT2D eigenvalue weighted by Gasteiger charge is -2.27. The molecule has 0 bridgehead atoms. The molecule has 17 heavy (non-hydrogen) atoms. The molecule has 1 aliphatic heterocycles. The Bertz CT molecular complexity index is 416. The number of nitrogens with zero attached hydrogens (tertiary/aromatic N) is 1. The summed E-state index contributed by atoms with van der Waals surface area (Å²) < 4.78 is 6.18. The van der Waals surface area contributed by atoms with Crippen LogP contribution in [0.2, 0.25) is 0 Å². The molecule has 0 aromatic heterocycles. The Labute approximate surface area is 108 Å². The summed E-state index contributed by atoms with van der Waals surface area (Å²) in [5, 5.41) is 9.13. The first-order valence-electron chi connectivity index (χ1n) is 5.48. The number of morpholine rings is 1. The molecule has 92 valence electrons. The van der Waals surface area contributed by atoms with Crippen LogP contribution in [0.1, 0.15) is 15.9 Å². The second kappa shape index (κ2) is 5.62. The molecule has 1 aromatic carbocycles. The van der Waals surface area contributed by atoms with Crippen LogP contribution >= 0.6 is 15.9 Å². The summed E-state index contributed by atoms with van der Waals surface area (Å²) in [7, 11) is 0. The van der Waals surface area contributed by atoms with E-state index in [0.29, 0.717) is 12.1 Å². The Morgan fingerprint density at radius 1 is 1.41 bits per heavy atom.